The van der Waals surface area contributed by atoms with E-state index >= 15 is 0 Å². The quantitative estimate of drug-likeness (QED) is 0.718. The van der Waals surface area contributed by atoms with E-state index in [0.29, 0.717) is 30.1 Å². The second-order valence-electron chi connectivity index (χ2n) is 7.79. The van der Waals surface area contributed by atoms with Crippen LogP contribution in [0.25, 0.3) is 0 Å². The van der Waals surface area contributed by atoms with Gasteiger partial charge in [0.2, 0.25) is 5.91 Å². The van der Waals surface area contributed by atoms with E-state index in [-0.39, 0.29) is 23.1 Å². The Labute approximate surface area is 143 Å². The Balaban J connectivity index is 1.92. The second-order valence-corrected chi connectivity index (χ2v) is 7.79. The average Bonchev–Trinajstić information content (AvgIpc) is 3.21. The van der Waals surface area contributed by atoms with Gasteiger partial charge >= 0.3 is 0 Å². The summed E-state index contributed by atoms with van der Waals surface area (Å²) in [6.07, 6.45) is 1.15. The van der Waals surface area contributed by atoms with Crippen LogP contribution < -0.4 is 10.6 Å². The molecule has 1 aromatic carbocycles. The Morgan fingerprint density at radius 2 is 2.04 bits per heavy atom. The molecule has 0 bridgehead atoms. The molecule has 1 aliphatic rings. The largest absolute Gasteiger partial charge is 0.393 e. The van der Waals surface area contributed by atoms with E-state index in [1.807, 2.05) is 13.8 Å². The maximum Gasteiger partial charge on any atom is 0.251 e. The van der Waals surface area contributed by atoms with Gasteiger partial charge in [-0.3, -0.25) is 9.59 Å². The molecule has 1 saturated carbocycles. The standard InChI is InChI=1S/C19H28N2O3/c1-12-8-16(12)18(24)21-15-7-5-6-14(9-15)17(23)20-11-19(3,4)10-13(2)22/h5-7,9,12-13,16,22H,8,10-11H2,1-4H3,(H,20,23)(H,21,24). The molecule has 1 aliphatic carbocycles. The van der Waals surface area contributed by atoms with Crippen molar-refractivity contribution in [1.29, 1.82) is 0 Å². The molecule has 132 valence electrons. The maximum absolute atomic E-state index is 12.3. The molecule has 1 fully saturated rings. The lowest BCUT2D eigenvalue weighted by molar-refractivity contribution is -0.117. The monoisotopic (exact) mass is 332 g/mol. The van der Waals surface area contributed by atoms with E-state index in [9.17, 15) is 14.7 Å². The molecule has 5 heteroatoms. The molecular weight excluding hydrogens is 304 g/mol. The van der Waals surface area contributed by atoms with Gasteiger partial charge in [0.1, 0.15) is 0 Å². The second kappa shape index (κ2) is 7.34. The number of carbonyl (C=O) groups is 2. The van der Waals surface area contributed by atoms with Crippen molar-refractivity contribution in [2.45, 2.75) is 46.6 Å². The molecule has 5 nitrogen and oxygen atoms in total. The normalized spacial score (nSPS) is 21.0. The zero-order valence-electron chi connectivity index (χ0n) is 14.9. The number of aliphatic hydroxyl groups excluding tert-OH is 1. The summed E-state index contributed by atoms with van der Waals surface area (Å²) in [6, 6.07) is 6.98. The zero-order chi connectivity index (χ0) is 17.9. The van der Waals surface area contributed by atoms with Crippen LogP contribution in [0.1, 0.15) is 50.9 Å². The minimum atomic E-state index is -0.403. The van der Waals surface area contributed by atoms with Gasteiger partial charge in [-0.25, -0.2) is 0 Å². The summed E-state index contributed by atoms with van der Waals surface area (Å²) in [7, 11) is 0. The van der Waals surface area contributed by atoms with Crippen molar-refractivity contribution in [3.63, 3.8) is 0 Å². The van der Waals surface area contributed by atoms with Crippen LogP contribution in [0, 0.1) is 17.3 Å². The molecular formula is C19H28N2O3. The number of benzene rings is 1. The number of rotatable bonds is 7. The van der Waals surface area contributed by atoms with Crippen molar-refractivity contribution >= 4 is 17.5 Å². The number of anilines is 1. The van der Waals surface area contributed by atoms with Crippen molar-refractivity contribution < 1.29 is 14.7 Å². The van der Waals surface area contributed by atoms with E-state index in [1.165, 1.54) is 0 Å². The van der Waals surface area contributed by atoms with Crippen LogP contribution in [0.3, 0.4) is 0 Å². The van der Waals surface area contributed by atoms with E-state index in [1.54, 1.807) is 31.2 Å². The Hall–Kier alpha value is -1.88. The lowest BCUT2D eigenvalue weighted by Crippen LogP contribution is -2.35. The van der Waals surface area contributed by atoms with Gasteiger partial charge in [-0.1, -0.05) is 26.8 Å². The Kier molecular flexibility index (Phi) is 5.65. The van der Waals surface area contributed by atoms with E-state index in [0.717, 1.165) is 6.42 Å². The Bertz CT molecular complexity index is 610. The van der Waals surface area contributed by atoms with Gasteiger partial charge in [0, 0.05) is 23.7 Å². The molecule has 24 heavy (non-hydrogen) atoms. The summed E-state index contributed by atoms with van der Waals surface area (Å²) in [5.74, 6) is 0.402. The van der Waals surface area contributed by atoms with Gasteiger partial charge in [0.25, 0.3) is 5.91 Å². The molecule has 0 radical (unpaired) electrons. The lowest BCUT2D eigenvalue weighted by atomic mass is 9.87. The smallest absolute Gasteiger partial charge is 0.251 e. The fraction of sp³-hybridized carbons (Fsp3) is 0.579. The molecule has 0 spiro atoms. The SMILES string of the molecule is CC(O)CC(C)(C)CNC(=O)c1cccc(NC(=O)C2CC2C)c1. The molecule has 0 heterocycles. The third kappa shape index (κ3) is 5.34. The van der Waals surface area contributed by atoms with Crippen LogP contribution >= 0.6 is 0 Å². The highest BCUT2D eigenvalue weighted by Crippen LogP contribution is 2.38. The van der Waals surface area contributed by atoms with Gasteiger partial charge in [-0.2, -0.15) is 0 Å². The van der Waals surface area contributed by atoms with E-state index in [4.69, 9.17) is 0 Å². The summed E-state index contributed by atoms with van der Waals surface area (Å²) in [6.45, 7) is 8.30. The number of nitrogens with one attached hydrogen (secondary N) is 2. The summed E-state index contributed by atoms with van der Waals surface area (Å²) in [5, 5.41) is 15.3. The van der Waals surface area contributed by atoms with E-state index < -0.39 is 6.10 Å². The molecule has 0 aromatic heterocycles. The molecule has 2 rings (SSSR count). The third-order valence-corrected chi connectivity index (χ3v) is 4.41. The van der Waals surface area contributed by atoms with Gasteiger partial charge in [0.05, 0.1) is 6.10 Å². The summed E-state index contributed by atoms with van der Waals surface area (Å²) < 4.78 is 0. The first-order valence-corrected chi connectivity index (χ1v) is 8.55. The predicted molar refractivity (Wildman–Crippen MR) is 94.8 cm³/mol. The van der Waals surface area contributed by atoms with Crippen molar-refractivity contribution in [3.05, 3.63) is 29.8 Å². The zero-order valence-corrected chi connectivity index (χ0v) is 14.9. The van der Waals surface area contributed by atoms with Gasteiger partial charge < -0.3 is 15.7 Å². The molecule has 3 unspecified atom stereocenters. The highest BCUT2D eigenvalue weighted by atomic mass is 16.3. The molecule has 2 amide bonds. The summed E-state index contributed by atoms with van der Waals surface area (Å²) in [4.78, 5) is 24.3. The molecule has 0 saturated heterocycles. The van der Waals surface area contributed by atoms with Crippen molar-refractivity contribution in [2.24, 2.45) is 17.3 Å². The maximum atomic E-state index is 12.3. The summed E-state index contributed by atoms with van der Waals surface area (Å²) >= 11 is 0. The topological polar surface area (TPSA) is 78.4 Å². The molecule has 0 aliphatic heterocycles. The van der Waals surface area contributed by atoms with Crippen LogP contribution in [0.2, 0.25) is 0 Å². The number of hydrogen-bond donors (Lipinski definition) is 3. The third-order valence-electron chi connectivity index (χ3n) is 4.41. The van der Waals surface area contributed by atoms with Crippen molar-refractivity contribution in [3.8, 4) is 0 Å². The van der Waals surface area contributed by atoms with Crippen molar-refractivity contribution in [2.75, 3.05) is 11.9 Å². The first-order chi connectivity index (χ1) is 11.2. The highest BCUT2D eigenvalue weighted by molar-refractivity contribution is 5.98. The fourth-order valence-corrected chi connectivity index (χ4v) is 2.95. The first-order valence-electron chi connectivity index (χ1n) is 8.55. The van der Waals surface area contributed by atoms with Crippen LogP contribution in [0.15, 0.2) is 24.3 Å². The first kappa shape index (κ1) is 18.5. The molecule has 3 atom stereocenters. The van der Waals surface area contributed by atoms with Gasteiger partial charge in [-0.05, 0) is 49.3 Å². The van der Waals surface area contributed by atoms with Crippen LogP contribution in [-0.2, 0) is 4.79 Å². The van der Waals surface area contributed by atoms with E-state index in [2.05, 4.69) is 17.6 Å². The predicted octanol–water partition coefficient (Wildman–Crippen LogP) is 2.81. The number of hydrogen-bond acceptors (Lipinski definition) is 3. The molecule has 3 N–H and O–H groups in total. The van der Waals surface area contributed by atoms with Crippen LogP contribution in [0.4, 0.5) is 5.69 Å². The minimum Gasteiger partial charge on any atom is -0.393 e. The van der Waals surface area contributed by atoms with Gasteiger partial charge in [-0.15, -0.1) is 0 Å². The molecule has 1 aromatic rings. The van der Waals surface area contributed by atoms with Crippen LogP contribution in [0.5, 0.6) is 0 Å². The lowest BCUT2D eigenvalue weighted by Gasteiger charge is -2.26. The minimum absolute atomic E-state index is 0.0260. The highest BCUT2D eigenvalue weighted by Gasteiger charge is 2.39. The summed E-state index contributed by atoms with van der Waals surface area (Å²) in [5.41, 5.74) is 0.983. The Morgan fingerprint density at radius 3 is 2.62 bits per heavy atom. The van der Waals surface area contributed by atoms with Gasteiger partial charge in [0.15, 0.2) is 0 Å². The number of amides is 2. The van der Waals surface area contributed by atoms with Crippen LogP contribution in [-0.4, -0.2) is 29.6 Å². The number of carbonyl (C=O) groups excluding carboxylic acids is 2. The average molecular weight is 332 g/mol. The number of aliphatic hydroxyl groups is 1. The Morgan fingerprint density at radius 1 is 1.38 bits per heavy atom. The van der Waals surface area contributed by atoms with Crippen molar-refractivity contribution in [1.82, 2.24) is 5.32 Å². The fourth-order valence-electron chi connectivity index (χ4n) is 2.95.